The zero-order valence-corrected chi connectivity index (χ0v) is 13.3. The fourth-order valence-corrected chi connectivity index (χ4v) is 3.26. The van der Waals surface area contributed by atoms with Gasteiger partial charge in [0.25, 0.3) is 0 Å². The minimum absolute atomic E-state index is 0.0996. The largest absolute Gasteiger partial charge is 0.358 e. The van der Waals surface area contributed by atoms with Gasteiger partial charge in [0.05, 0.1) is 0 Å². The van der Waals surface area contributed by atoms with Crippen LogP contribution in [0.4, 0.5) is 4.79 Å². The van der Waals surface area contributed by atoms with Crippen molar-refractivity contribution in [2.24, 2.45) is 0 Å². The first-order valence-electron chi connectivity index (χ1n) is 8.30. The molecule has 2 N–H and O–H groups in total. The van der Waals surface area contributed by atoms with E-state index in [2.05, 4.69) is 42.3 Å². The molecule has 4 nitrogen and oxygen atoms in total. The average molecular weight is 297 g/mol. The second-order valence-corrected chi connectivity index (χ2v) is 6.94. The molecule has 2 heterocycles. The van der Waals surface area contributed by atoms with Crippen molar-refractivity contribution in [1.82, 2.24) is 15.2 Å². The monoisotopic (exact) mass is 297 g/mol. The first-order valence-corrected chi connectivity index (χ1v) is 8.30. The molecule has 2 aliphatic rings. The number of hydrogen-bond donors (Lipinski definition) is 2. The molecule has 0 bridgehead atoms. The average Bonchev–Trinajstić information content (AvgIpc) is 3.24. The summed E-state index contributed by atoms with van der Waals surface area (Å²) < 4.78 is 0. The summed E-state index contributed by atoms with van der Waals surface area (Å²) in [5, 5.41) is 4.38. The van der Waals surface area contributed by atoms with E-state index in [9.17, 15) is 4.79 Å². The summed E-state index contributed by atoms with van der Waals surface area (Å²) in [4.78, 5) is 17.8. The lowest BCUT2D eigenvalue weighted by atomic mass is 9.98. The molecule has 116 valence electrons. The quantitative estimate of drug-likeness (QED) is 0.875. The predicted molar refractivity (Wildman–Crippen MR) is 88.1 cm³/mol. The summed E-state index contributed by atoms with van der Waals surface area (Å²) in [6.45, 7) is 5.95. The van der Waals surface area contributed by atoms with Gasteiger partial charge < -0.3 is 15.2 Å². The third-order valence-corrected chi connectivity index (χ3v) is 4.86. The first kappa shape index (κ1) is 13.7. The van der Waals surface area contributed by atoms with Gasteiger partial charge in [0.15, 0.2) is 0 Å². The fraction of sp³-hybridized carbons (Fsp3) is 0.500. The normalized spacial score (nSPS) is 17.9. The summed E-state index contributed by atoms with van der Waals surface area (Å²) in [6, 6.07) is 7.19. The van der Waals surface area contributed by atoms with Crippen LogP contribution >= 0.6 is 0 Å². The van der Waals surface area contributed by atoms with E-state index < -0.39 is 0 Å². The van der Waals surface area contributed by atoms with Crippen molar-refractivity contribution in [1.29, 1.82) is 0 Å². The van der Waals surface area contributed by atoms with Crippen LogP contribution < -0.4 is 5.32 Å². The van der Waals surface area contributed by atoms with Crippen LogP contribution in [0.2, 0.25) is 0 Å². The van der Waals surface area contributed by atoms with E-state index in [0.717, 1.165) is 32.4 Å². The van der Waals surface area contributed by atoms with Gasteiger partial charge in [-0.2, -0.15) is 0 Å². The Morgan fingerprint density at radius 1 is 1.36 bits per heavy atom. The van der Waals surface area contributed by atoms with Crippen LogP contribution in [-0.2, 0) is 13.0 Å². The minimum atomic E-state index is 0.0996. The Morgan fingerprint density at radius 3 is 2.91 bits per heavy atom. The van der Waals surface area contributed by atoms with Gasteiger partial charge in [0.2, 0.25) is 0 Å². The molecule has 2 aromatic rings. The zero-order valence-electron chi connectivity index (χ0n) is 13.3. The third-order valence-electron chi connectivity index (χ3n) is 4.86. The summed E-state index contributed by atoms with van der Waals surface area (Å²) in [5.74, 6) is 0.521. The molecule has 1 aliphatic carbocycles. The molecule has 2 amide bonds. The standard InChI is InChI=1S/C18H23N3O/c1-11(2)12-3-6-16-14(9-12)15-10-21(8-7-17(15)20-16)18(22)19-13-4-5-13/h3,6,9,11,13,20H,4-5,7-8,10H2,1-2H3,(H,19,22). The summed E-state index contributed by atoms with van der Waals surface area (Å²) in [5.41, 5.74) is 5.15. The van der Waals surface area contributed by atoms with Gasteiger partial charge in [-0.05, 0) is 36.5 Å². The van der Waals surface area contributed by atoms with Crippen LogP contribution in [0.15, 0.2) is 18.2 Å². The van der Waals surface area contributed by atoms with E-state index in [1.807, 2.05) is 4.90 Å². The molecule has 1 aromatic heterocycles. The van der Waals surface area contributed by atoms with Crippen LogP contribution in [-0.4, -0.2) is 28.5 Å². The number of fused-ring (bicyclic) bond motifs is 3. The summed E-state index contributed by atoms with van der Waals surface area (Å²) in [6.07, 6.45) is 3.18. The van der Waals surface area contributed by atoms with Crippen molar-refractivity contribution in [3.63, 3.8) is 0 Å². The molecule has 0 atom stereocenters. The number of aromatic nitrogens is 1. The van der Waals surface area contributed by atoms with Gasteiger partial charge in [-0.1, -0.05) is 19.9 Å². The number of H-pyrrole nitrogens is 1. The van der Waals surface area contributed by atoms with Gasteiger partial charge in [-0.15, -0.1) is 0 Å². The Balaban J connectivity index is 1.65. The minimum Gasteiger partial charge on any atom is -0.358 e. The molecular formula is C18H23N3O. The number of amides is 2. The van der Waals surface area contributed by atoms with Crippen LogP contribution in [0.3, 0.4) is 0 Å². The molecule has 1 fully saturated rings. The van der Waals surface area contributed by atoms with Crippen molar-refractivity contribution in [3.05, 3.63) is 35.0 Å². The Kier molecular flexibility index (Phi) is 3.13. The van der Waals surface area contributed by atoms with Crippen molar-refractivity contribution in [2.45, 2.75) is 51.6 Å². The van der Waals surface area contributed by atoms with Crippen molar-refractivity contribution in [2.75, 3.05) is 6.54 Å². The van der Waals surface area contributed by atoms with Gasteiger partial charge in [0, 0.05) is 47.7 Å². The highest BCUT2D eigenvalue weighted by Gasteiger charge is 2.28. The topological polar surface area (TPSA) is 48.1 Å². The maximum atomic E-state index is 12.3. The SMILES string of the molecule is CC(C)c1ccc2[nH]c3c(c2c1)CN(C(=O)NC1CC1)CC3. The highest BCUT2D eigenvalue weighted by molar-refractivity contribution is 5.86. The van der Waals surface area contributed by atoms with E-state index in [0.29, 0.717) is 12.0 Å². The Hall–Kier alpha value is -1.97. The van der Waals surface area contributed by atoms with Crippen LogP contribution in [0.25, 0.3) is 10.9 Å². The second-order valence-electron chi connectivity index (χ2n) is 6.94. The maximum absolute atomic E-state index is 12.3. The van der Waals surface area contributed by atoms with E-state index >= 15 is 0 Å². The lowest BCUT2D eigenvalue weighted by molar-refractivity contribution is 0.192. The molecule has 0 spiro atoms. The Morgan fingerprint density at radius 2 is 2.18 bits per heavy atom. The van der Waals surface area contributed by atoms with Crippen molar-refractivity contribution in [3.8, 4) is 0 Å². The van der Waals surface area contributed by atoms with Gasteiger partial charge in [-0.3, -0.25) is 0 Å². The zero-order chi connectivity index (χ0) is 15.3. The molecular weight excluding hydrogens is 274 g/mol. The summed E-state index contributed by atoms with van der Waals surface area (Å²) >= 11 is 0. The molecule has 1 saturated carbocycles. The number of hydrogen-bond acceptors (Lipinski definition) is 1. The lowest BCUT2D eigenvalue weighted by Crippen LogP contribution is -2.43. The highest BCUT2D eigenvalue weighted by Crippen LogP contribution is 2.30. The Labute approximate surface area is 130 Å². The maximum Gasteiger partial charge on any atom is 0.317 e. The van der Waals surface area contributed by atoms with Crippen molar-refractivity contribution < 1.29 is 4.79 Å². The lowest BCUT2D eigenvalue weighted by Gasteiger charge is -2.27. The number of carbonyl (C=O) groups excluding carboxylic acids is 1. The van der Waals surface area contributed by atoms with Crippen LogP contribution in [0.1, 0.15) is 49.4 Å². The molecule has 0 saturated heterocycles. The number of rotatable bonds is 2. The molecule has 0 unspecified atom stereocenters. The number of carbonyl (C=O) groups is 1. The Bertz CT molecular complexity index is 727. The predicted octanol–water partition coefficient (Wildman–Crippen LogP) is 3.52. The van der Waals surface area contributed by atoms with E-state index in [1.54, 1.807) is 0 Å². The fourth-order valence-electron chi connectivity index (χ4n) is 3.26. The van der Waals surface area contributed by atoms with E-state index in [4.69, 9.17) is 0 Å². The van der Waals surface area contributed by atoms with E-state index in [-0.39, 0.29) is 6.03 Å². The van der Waals surface area contributed by atoms with Crippen molar-refractivity contribution >= 4 is 16.9 Å². The molecule has 1 aliphatic heterocycles. The highest BCUT2D eigenvalue weighted by atomic mass is 16.2. The second kappa shape index (κ2) is 5.04. The number of aromatic amines is 1. The van der Waals surface area contributed by atoms with Gasteiger partial charge in [-0.25, -0.2) is 4.79 Å². The smallest absolute Gasteiger partial charge is 0.317 e. The number of nitrogens with zero attached hydrogens (tertiary/aromatic N) is 1. The number of nitrogens with one attached hydrogen (secondary N) is 2. The molecule has 0 radical (unpaired) electrons. The van der Waals surface area contributed by atoms with Gasteiger partial charge in [0.1, 0.15) is 0 Å². The molecule has 4 heteroatoms. The van der Waals surface area contributed by atoms with E-state index in [1.165, 1.54) is 27.7 Å². The summed E-state index contributed by atoms with van der Waals surface area (Å²) in [7, 11) is 0. The van der Waals surface area contributed by atoms with Gasteiger partial charge >= 0.3 is 6.03 Å². The number of urea groups is 1. The molecule has 22 heavy (non-hydrogen) atoms. The molecule has 1 aromatic carbocycles. The van der Waals surface area contributed by atoms with Crippen LogP contribution in [0.5, 0.6) is 0 Å². The molecule has 4 rings (SSSR count). The first-order chi connectivity index (χ1) is 10.6. The number of benzene rings is 1. The van der Waals surface area contributed by atoms with Crippen LogP contribution in [0, 0.1) is 0 Å². The third kappa shape index (κ3) is 2.36.